The van der Waals surface area contributed by atoms with Gasteiger partial charge in [0.2, 0.25) is 11.8 Å². The van der Waals surface area contributed by atoms with Crippen LogP contribution in [0.4, 0.5) is 0 Å². The SMILES string of the molecule is Cc1ccc(CC(=O)N2CCN(C)C(=O)[C@H]2Cc2cccc(-c3ccncc3)c2)cc1. The van der Waals surface area contributed by atoms with E-state index in [0.717, 1.165) is 27.8 Å². The van der Waals surface area contributed by atoms with Gasteiger partial charge >= 0.3 is 0 Å². The number of piperazine rings is 1. The smallest absolute Gasteiger partial charge is 0.245 e. The lowest BCUT2D eigenvalue weighted by Crippen LogP contribution is -2.58. The molecule has 0 N–H and O–H groups in total. The molecule has 0 bridgehead atoms. The van der Waals surface area contributed by atoms with E-state index in [2.05, 4.69) is 11.1 Å². The van der Waals surface area contributed by atoms with Crippen LogP contribution in [-0.4, -0.2) is 52.8 Å². The molecule has 2 heterocycles. The second-order valence-electron chi connectivity index (χ2n) is 8.17. The highest BCUT2D eigenvalue weighted by molar-refractivity contribution is 5.89. The van der Waals surface area contributed by atoms with Crippen LogP contribution in [0.25, 0.3) is 11.1 Å². The molecule has 0 saturated carbocycles. The first-order valence-electron chi connectivity index (χ1n) is 10.6. The van der Waals surface area contributed by atoms with Crippen molar-refractivity contribution in [2.75, 3.05) is 20.1 Å². The minimum absolute atomic E-state index is 0.000548. The Morgan fingerprint density at radius 3 is 2.45 bits per heavy atom. The van der Waals surface area contributed by atoms with E-state index < -0.39 is 6.04 Å². The number of aryl methyl sites for hydroxylation is 1. The van der Waals surface area contributed by atoms with Crippen molar-refractivity contribution in [2.24, 2.45) is 0 Å². The molecule has 1 aliphatic heterocycles. The summed E-state index contributed by atoms with van der Waals surface area (Å²) < 4.78 is 0. The Morgan fingerprint density at radius 1 is 0.968 bits per heavy atom. The summed E-state index contributed by atoms with van der Waals surface area (Å²) in [6.45, 7) is 3.15. The molecule has 3 aromatic rings. The number of amides is 2. The van der Waals surface area contributed by atoms with Crippen LogP contribution in [-0.2, 0) is 22.4 Å². The van der Waals surface area contributed by atoms with Gasteiger partial charge in [0.25, 0.3) is 0 Å². The molecule has 1 aromatic heterocycles. The maximum absolute atomic E-state index is 13.1. The number of likely N-dealkylation sites (N-methyl/N-ethyl adjacent to an activating group) is 1. The molecule has 0 aliphatic carbocycles. The molecule has 0 radical (unpaired) electrons. The lowest BCUT2D eigenvalue weighted by atomic mass is 9.97. The van der Waals surface area contributed by atoms with Crippen LogP contribution >= 0.6 is 0 Å². The van der Waals surface area contributed by atoms with E-state index in [4.69, 9.17) is 0 Å². The predicted molar refractivity (Wildman–Crippen MR) is 121 cm³/mol. The summed E-state index contributed by atoms with van der Waals surface area (Å²) in [6, 6.07) is 19.6. The van der Waals surface area contributed by atoms with Crippen LogP contribution in [0.3, 0.4) is 0 Å². The third kappa shape index (κ3) is 4.82. The number of benzene rings is 2. The summed E-state index contributed by atoms with van der Waals surface area (Å²) in [5, 5.41) is 0. The first-order chi connectivity index (χ1) is 15.0. The van der Waals surface area contributed by atoms with Crippen LogP contribution < -0.4 is 0 Å². The zero-order valence-electron chi connectivity index (χ0n) is 18.0. The van der Waals surface area contributed by atoms with E-state index in [1.165, 1.54) is 0 Å². The van der Waals surface area contributed by atoms with Crippen molar-refractivity contribution >= 4 is 11.8 Å². The Balaban J connectivity index is 1.55. The fourth-order valence-corrected chi connectivity index (χ4v) is 4.04. The number of rotatable bonds is 5. The molecule has 5 heteroatoms. The lowest BCUT2D eigenvalue weighted by Gasteiger charge is -2.39. The highest BCUT2D eigenvalue weighted by Crippen LogP contribution is 2.23. The maximum Gasteiger partial charge on any atom is 0.245 e. The summed E-state index contributed by atoms with van der Waals surface area (Å²) in [4.78, 5) is 33.7. The van der Waals surface area contributed by atoms with E-state index in [1.807, 2.05) is 68.6 Å². The summed E-state index contributed by atoms with van der Waals surface area (Å²) >= 11 is 0. The number of carbonyl (C=O) groups excluding carboxylic acids is 2. The molecular weight excluding hydrogens is 386 g/mol. The van der Waals surface area contributed by atoms with Crippen LogP contribution in [0.5, 0.6) is 0 Å². The Labute approximate surface area is 183 Å². The molecule has 0 spiro atoms. The first kappa shape index (κ1) is 20.8. The Kier molecular flexibility index (Phi) is 6.12. The van der Waals surface area contributed by atoms with Gasteiger partial charge in [-0.3, -0.25) is 14.6 Å². The number of nitrogens with zero attached hydrogens (tertiary/aromatic N) is 3. The van der Waals surface area contributed by atoms with Gasteiger partial charge in [-0.05, 0) is 41.3 Å². The van der Waals surface area contributed by atoms with E-state index in [0.29, 0.717) is 25.9 Å². The van der Waals surface area contributed by atoms with Gasteiger partial charge in [0, 0.05) is 39.0 Å². The fraction of sp³-hybridized carbons (Fsp3) is 0.269. The van der Waals surface area contributed by atoms with Gasteiger partial charge in [-0.1, -0.05) is 54.1 Å². The van der Waals surface area contributed by atoms with Crippen molar-refractivity contribution < 1.29 is 9.59 Å². The van der Waals surface area contributed by atoms with Gasteiger partial charge in [-0.25, -0.2) is 0 Å². The zero-order chi connectivity index (χ0) is 21.8. The van der Waals surface area contributed by atoms with Crippen molar-refractivity contribution in [2.45, 2.75) is 25.8 Å². The van der Waals surface area contributed by atoms with Crippen LogP contribution in [0, 0.1) is 6.92 Å². The lowest BCUT2D eigenvalue weighted by molar-refractivity contribution is -0.149. The molecule has 1 atom stereocenters. The molecule has 4 rings (SSSR count). The van der Waals surface area contributed by atoms with Crippen LogP contribution in [0.1, 0.15) is 16.7 Å². The minimum Gasteiger partial charge on any atom is -0.342 e. The Bertz CT molecular complexity index is 1060. The highest BCUT2D eigenvalue weighted by Gasteiger charge is 2.35. The number of hydrogen-bond acceptors (Lipinski definition) is 3. The zero-order valence-corrected chi connectivity index (χ0v) is 18.0. The molecule has 0 unspecified atom stereocenters. The molecular formula is C26H27N3O2. The number of hydrogen-bond donors (Lipinski definition) is 0. The average molecular weight is 414 g/mol. The molecule has 158 valence electrons. The largest absolute Gasteiger partial charge is 0.342 e. The van der Waals surface area contributed by atoms with Crippen molar-refractivity contribution in [3.05, 3.63) is 89.7 Å². The number of carbonyl (C=O) groups is 2. The van der Waals surface area contributed by atoms with Crippen molar-refractivity contribution in [1.82, 2.24) is 14.8 Å². The van der Waals surface area contributed by atoms with Crippen LogP contribution in [0.15, 0.2) is 73.1 Å². The van der Waals surface area contributed by atoms with E-state index in [-0.39, 0.29) is 11.8 Å². The van der Waals surface area contributed by atoms with Gasteiger partial charge in [0.15, 0.2) is 0 Å². The van der Waals surface area contributed by atoms with Crippen molar-refractivity contribution in [3.63, 3.8) is 0 Å². The molecule has 5 nitrogen and oxygen atoms in total. The summed E-state index contributed by atoms with van der Waals surface area (Å²) in [6.07, 6.45) is 4.35. The summed E-state index contributed by atoms with van der Waals surface area (Å²) in [5.74, 6) is -0.00147. The molecule has 2 aromatic carbocycles. The first-order valence-corrected chi connectivity index (χ1v) is 10.6. The predicted octanol–water partition coefficient (Wildman–Crippen LogP) is 3.51. The van der Waals surface area contributed by atoms with Gasteiger partial charge in [-0.15, -0.1) is 0 Å². The maximum atomic E-state index is 13.1. The van der Waals surface area contributed by atoms with Gasteiger partial charge < -0.3 is 9.80 Å². The van der Waals surface area contributed by atoms with Gasteiger partial charge in [-0.2, -0.15) is 0 Å². The number of pyridine rings is 1. The monoisotopic (exact) mass is 413 g/mol. The average Bonchev–Trinajstić information content (AvgIpc) is 2.79. The molecule has 1 aliphatic rings. The third-order valence-electron chi connectivity index (χ3n) is 5.88. The van der Waals surface area contributed by atoms with E-state index >= 15 is 0 Å². The Hall–Kier alpha value is -3.47. The van der Waals surface area contributed by atoms with Gasteiger partial charge in [0.1, 0.15) is 6.04 Å². The minimum atomic E-state index is -0.482. The van der Waals surface area contributed by atoms with E-state index in [9.17, 15) is 9.59 Å². The fourth-order valence-electron chi connectivity index (χ4n) is 4.04. The standard InChI is InChI=1S/C26H27N3O2/c1-19-6-8-20(9-7-19)18-25(30)29-15-14-28(2)26(31)24(29)17-21-4-3-5-23(16-21)22-10-12-27-13-11-22/h3-13,16,24H,14-15,17-18H2,1-2H3/t24-/m1/s1. The molecule has 1 saturated heterocycles. The summed E-state index contributed by atoms with van der Waals surface area (Å²) in [7, 11) is 1.81. The third-order valence-corrected chi connectivity index (χ3v) is 5.88. The normalized spacial score (nSPS) is 16.5. The van der Waals surface area contributed by atoms with Crippen LogP contribution in [0.2, 0.25) is 0 Å². The molecule has 31 heavy (non-hydrogen) atoms. The second kappa shape index (κ2) is 9.13. The van der Waals surface area contributed by atoms with Gasteiger partial charge in [0.05, 0.1) is 6.42 Å². The second-order valence-corrected chi connectivity index (χ2v) is 8.17. The summed E-state index contributed by atoms with van der Waals surface area (Å²) in [5.41, 5.74) is 5.33. The number of aromatic nitrogens is 1. The molecule has 1 fully saturated rings. The highest BCUT2D eigenvalue weighted by atomic mass is 16.2. The molecule has 2 amide bonds. The topological polar surface area (TPSA) is 53.5 Å². The van der Waals surface area contributed by atoms with Crippen molar-refractivity contribution in [1.29, 1.82) is 0 Å². The Morgan fingerprint density at radius 2 is 1.71 bits per heavy atom. The van der Waals surface area contributed by atoms with E-state index in [1.54, 1.807) is 22.2 Å². The quantitative estimate of drug-likeness (QED) is 0.643. The van der Waals surface area contributed by atoms with Crippen molar-refractivity contribution in [3.8, 4) is 11.1 Å².